The van der Waals surface area contributed by atoms with Crippen molar-refractivity contribution in [3.63, 3.8) is 0 Å². The third-order valence-electron chi connectivity index (χ3n) is 4.18. The van der Waals surface area contributed by atoms with Gasteiger partial charge in [-0.2, -0.15) is 0 Å². The van der Waals surface area contributed by atoms with Crippen molar-refractivity contribution >= 4 is 11.6 Å². The van der Waals surface area contributed by atoms with E-state index in [2.05, 4.69) is 26.7 Å². The largest absolute Gasteiger partial charge is 0.497 e. The van der Waals surface area contributed by atoms with E-state index >= 15 is 0 Å². The van der Waals surface area contributed by atoms with E-state index in [4.69, 9.17) is 4.74 Å². The van der Waals surface area contributed by atoms with E-state index in [1.165, 1.54) is 18.0 Å². The molecule has 140 valence electrons. The van der Waals surface area contributed by atoms with Crippen molar-refractivity contribution in [3.05, 3.63) is 77.9 Å². The van der Waals surface area contributed by atoms with Crippen molar-refractivity contribution in [2.24, 2.45) is 0 Å². The predicted octanol–water partition coefficient (Wildman–Crippen LogP) is 3.93. The maximum Gasteiger partial charge on any atom is 0.131 e. The van der Waals surface area contributed by atoms with E-state index in [1.807, 2.05) is 30.3 Å². The number of methoxy groups -OCH3 is 1. The standard InChI is InChI=1S/C21H23FN4O/c1-27-18-7-4-5-16(13-18)9-11-23-20-14-21(26-15-25-20)24-12-10-17-6-2-3-8-19(17)22/h2-8,13-15H,9-12H2,1H3,(H2,23,24,25,26). The molecule has 3 aromatic rings. The van der Waals surface area contributed by atoms with Crippen LogP contribution in [0.1, 0.15) is 11.1 Å². The molecular weight excluding hydrogens is 343 g/mol. The van der Waals surface area contributed by atoms with Gasteiger partial charge >= 0.3 is 0 Å². The van der Waals surface area contributed by atoms with Crippen LogP contribution in [-0.4, -0.2) is 30.2 Å². The van der Waals surface area contributed by atoms with Crippen LogP contribution in [0.15, 0.2) is 60.9 Å². The second-order valence-electron chi connectivity index (χ2n) is 6.08. The Balaban J connectivity index is 1.47. The number of nitrogens with one attached hydrogen (secondary N) is 2. The summed E-state index contributed by atoms with van der Waals surface area (Å²) in [5.74, 6) is 2.14. The zero-order chi connectivity index (χ0) is 18.9. The van der Waals surface area contributed by atoms with Crippen LogP contribution in [0.2, 0.25) is 0 Å². The van der Waals surface area contributed by atoms with Gasteiger partial charge in [0.2, 0.25) is 0 Å². The number of nitrogens with zero attached hydrogens (tertiary/aromatic N) is 2. The summed E-state index contributed by atoms with van der Waals surface area (Å²) in [6.45, 7) is 1.35. The SMILES string of the molecule is COc1cccc(CCNc2cc(NCCc3ccccc3F)ncn2)c1. The molecule has 0 fully saturated rings. The van der Waals surface area contributed by atoms with Gasteiger partial charge in [0, 0.05) is 19.2 Å². The summed E-state index contributed by atoms with van der Waals surface area (Å²) in [4.78, 5) is 8.45. The van der Waals surface area contributed by atoms with Gasteiger partial charge in [0.15, 0.2) is 0 Å². The first-order valence-corrected chi connectivity index (χ1v) is 8.91. The average molecular weight is 366 g/mol. The van der Waals surface area contributed by atoms with Crippen LogP contribution in [0.3, 0.4) is 0 Å². The van der Waals surface area contributed by atoms with Gasteiger partial charge in [0.25, 0.3) is 0 Å². The summed E-state index contributed by atoms with van der Waals surface area (Å²) in [6, 6.07) is 16.7. The Hall–Kier alpha value is -3.15. The Bertz CT molecular complexity index is 872. The highest BCUT2D eigenvalue weighted by Gasteiger charge is 2.02. The molecule has 0 atom stereocenters. The maximum absolute atomic E-state index is 13.6. The lowest BCUT2D eigenvalue weighted by Gasteiger charge is -2.09. The first kappa shape index (κ1) is 18.6. The number of ether oxygens (including phenoxy) is 1. The molecule has 2 aromatic carbocycles. The average Bonchev–Trinajstić information content (AvgIpc) is 2.70. The van der Waals surface area contributed by atoms with Gasteiger partial charge in [-0.15, -0.1) is 0 Å². The smallest absolute Gasteiger partial charge is 0.131 e. The Kier molecular flexibility index (Phi) is 6.57. The fourth-order valence-corrected chi connectivity index (χ4v) is 2.74. The number of benzene rings is 2. The van der Waals surface area contributed by atoms with Gasteiger partial charge in [-0.25, -0.2) is 14.4 Å². The van der Waals surface area contributed by atoms with E-state index in [0.29, 0.717) is 24.3 Å². The van der Waals surface area contributed by atoms with Crippen molar-refractivity contribution in [2.45, 2.75) is 12.8 Å². The first-order chi connectivity index (χ1) is 13.2. The van der Waals surface area contributed by atoms with E-state index in [0.717, 1.165) is 24.5 Å². The Morgan fingerprint density at radius 2 is 1.63 bits per heavy atom. The highest BCUT2D eigenvalue weighted by molar-refractivity contribution is 5.46. The van der Waals surface area contributed by atoms with Gasteiger partial charge in [-0.3, -0.25) is 0 Å². The second-order valence-corrected chi connectivity index (χ2v) is 6.08. The lowest BCUT2D eigenvalue weighted by molar-refractivity contribution is 0.414. The third-order valence-corrected chi connectivity index (χ3v) is 4.18. The second kappa shape index (κ2) is 9.52. The summed E-state index contributed by atoms with van der Waals surface area (Å²) in [5, 5.41) is 6.51. The predicted molar refractivity (Wildman–Crippen MR) is 106 cm³/mol. The Morgan fingerprint density at radius 1 is 0.889 bits per heavy atom. The van der Waals surface area contributed by atoms with Crippen LogP contribution in [-0.2, 0) is 12.8 Å². The maximum atomic E-state index is 13.6. The van der Waals surface area contributed by atoms with Crippen LogP contribution in [0, 0.1) is 5.82 Å². The van der Waals surface area contributed by atoms with Gasteiger partial charge in [-0.05, 0) is 42.2 Å². The number of hydrogen-bond donors (Lipinski definition) is 2. The van der Waals surface area contributed by atoms with Gasteiger partial charge in [-0.1, -0.05) is 30.3 Å². The number of anilines is 2. The van der Waals surface area contributed by atoms with Crippen LogP contribution < -0.4 is 15.4 Å². The minimum absolute atomic E-state index is 0.179. The number of aromatic nitrogens is 2. The van der Waals surface area contributed by atoms with Crippen molar-refractivity contribution in [1.82, 2.24) is 9.97 Å². The molecular formula is C21H23FN4O. The van der Waals surface area contributed by atoms with Crippen LogP contribution >= 0.6 is 0 Å². The molecule has 0 unspecified atom stereocenters. The summed E-state index contributed by atoms with van der Waals surface area (Å²) >= 11 is 0. The van der Waals surface area contributed by atoms with E-state index in [1.54, 1.807) is 19.2 Å². The molecule has 6 heteroatoms. The van der Waals surface area contributed by atoms with Crippen molar-refractivity contribution in [1.29, 1.82) is 0 Å². The van der Waals surface area contributed by atoms with Gasteiger partial charge < -0.3 is 15.4 Å². The molecule has 0 bridgehead atoms. The van der Waals surface area contributed by atoms with Crippen LogP contribution in [0.4, 0.5) is 16.0 Å². The molecule has 5 nitrogen and oxygen atoms in total. The van der Waals surface area contributed by atoms with Crippen molar-refractivity contribution in [3.8, 4) is 5.75 Å². The highest BCUT2D eigenvalue weighted by atomic mass is 19.1. The molecule has 0 amide bonds. The molecule has 0 saturated heterocycles. The molecule has 1 aromatic heterocycles. The lowest BCUT2D eigenvalue weighted by Crippen LogP contribution is -2.10. The molecule has 0 spiro atoms. The summed E-state index contributed by atoms with van der Waals surface area (Å²) < 4.78 is 18.9. The molecule has 1 heterocycles. The number of hydrogen-bond acceptors (Lipinski definition) is 5. The number of halogens is 1. The Labute approximate surface area is 158 Å². The molecule has 0 aliphatic carbocycles. The molecule has 0 aliphatic heterocycles. The normalized spacial score (nSPS) is 10.4. The van der Waals surface area contributed by atoms with Crippen LogP contribution in [0.25, 0.3) is 0 Å². The fourth-order valence-electron chi connectivity index (χ4n) is 2.74. The van der Waals surface area contributed by atoms with Crippen molar-refractivity contribution in [2.75, 3.05) is 30.8 Å². The van der Waals surface area contributed by atoms with Crippen molar-refractivity contribution < 1.29 is 9.13 Å². The molecule has 2 N–H and O–H groups in total. The Morgan fingerprint density at radius 3 is 2.37 bits per heavy atom. The minimum Gasteiger partial charge on any atom is -0.497 e. The zero-order valence-electron chi connectivity index (χ0n) is 15.3. The molecule has 0 radical (unpaired) electrons. The molecule has 0 aliphatic rings. The number of rotatable bonds is 9. The minimum atomic E-state index is -0.179. The van der Waals surface area contributed by atoms with Crippen LogP contribution in [0.5, 0.6) is 5.75 Å². The topological polar surface area (TPSA) is 59.1 Å². The summed E-state index contributed by atoms with van der Waals surface area (Å²) in [6.07, 6.45) is 2.96. The monoisotopic (exact) mass is 366 g/mol. The van der Waals surface area contributed by atoms with E-state index in [9.17, 15) is 4.39 Å². The lowest BCUT2D eigenvalue weighted by atomic mass is 10.1. The van der Waals surface area contributed by atoms with Gasteiger partial charge in [0.1, 0.15) is 29.5 Å². The van der Waals surface area contributed by atoms with E-state index in [-0.39, 0.29) is 5.82 Å². The first-order valence-electron chi connectivity index (χ1n) is 8.91. The molecule has 3 rings (SSSR count). The highest BCUT2D eigenvalue weighted by Crippen LogP contribution is 2.14. The summed E-state index contributed by atoms with van der Waals surface area (Å²) in [7, 11) is 1.67. The quantitative estimate of drug-likeness (QED) is 0.601. The zero-order valence-corrected chi connectivity index (χ0v) is 15.3. The van der Waals surface area contributed by atoms with Gasteiger partial charge in [0.05, 0.1) is 7.11 Å². The summed E-state index contributed by atoms with van der Waals surface area (Å²) in [5.41, 5.74) is 1.88. The third kappa shape index (κ3) is 5.67. The molecule has 27 heavy (non-hydrogen) atoms. The molecule has 0 saturated carbocycles. The fraction of sp³-hybridized carbons (Fsp3) is 0.238. The van der Waals surface area contributed by atoms with E-state index < -0.39 is 0 Å².